The first kappa shape index (κ1) is 55.2. The van der Waals surface area contributed by atoms with E-state index in [1.54, 1.807) is 0 Å². The Kier molecular flexibility index (Phi) is 41.0. The number of rotatable bonds is 45. The second kappa shape index (κ2) is 42.3. The minimum absolute atomic E-state index is 0.0153. The number of amides is 1. The number of carbonyl (C=O) groups excluding carboxylic acids is 4. The molecule has 0 fully saturated rings. The molecular formula is C45H86NO10P. The summed E-state index contributed by atoms with van der Waals surface area (Å²) >= 11 is 0. The van der Waals surface area contributed by atoms with E-state index in [1.807, 2.05) is 0 Å². The summed E-state index contributed by atoms with van der Waals surface area (Å²) in [6, 6.07) is 0. The smallest absolute Gasteiger partial charge is 0.462 e. The minimum Gasteiger partial charge on any atom is -0.462 e. The van der Waals surface area contributed by atoms with Crippen molar-refractivity contribution in [2.24, 2.45) is 0 Å². The van der Waals surface area contributed by atoms with Crippen LogP contribution in [0.1, 0.15) is 232 Å². The molecule has 0 rings (SSSR count). The molecule has 0 radical (unpaired) electrons. The zero-order valence-electron chi connectivity index (χ0n) is 36.6. The van der Waals surface area contributed by atoms with E-state index in [9.17, 15) is 28.6 Å². The first-order valence-electron chi connectivity index (χ1n) is 23.4. The highest BCUT2D eigenvalue weighted by Gasteiger charge is 2.26. The normalized spacial score (nSPS) is 12.9. The van der Waals surface area contributed by atoms with Gasteiger partial charge in [0.15, 0.2) is 6.10 Å². The van der Waals surface area contributed by atoms with E-state index < -0.39 is 32.5 Å². The fourth-order valence-corrected chi connectivity index (χ4v) is 7.50. The third-order valence-corrected chi connectivity index (χ3v) is 11.3. The zero-order valence-corrected chi connectivity index (χ0v) is 37.5. The molecule has 0 aromatic rings. The van der Waals surface area contributed by atoms with Crippen LogP contribution in [-0.4, -0.2) is 61.5 Å². The van der Waals surface area contributed by atoms with Crippen LogP contribution >= 0.6 is 7.82 Å². The molecule has 0 spiro atoms. The molecule has 0 aromatic carbocycles. The van der Waals surface area contributed by atoms with E-state index in [4.69, 9.17) is 18.5 Å². The van der Waals surface area contributed by atoms with Gasteiger partial charge in [-0.15, -0.1) is 0 Å². The Morgan fingerprint density at radius 2 is 0.930 bits per heavy atom. The molecule has 0 saturated heterocycles. The third-order valence-electron chi connectivity index (χ3n) is 10.3. The van der Waals surface area contributed by atoms with Crippen molar-refractivity contribution < 1.29 is 47.2 Å². The molecule has 11 nitrogen and oxygen atoms in total. The van der Waals surface area contributed by atoms with Gasteiger partial charge >= 0.3 is 19.8 Å². The van der Waals surface area contributed by atoms with Gasteiger partial charge in [-0.3, -0.25) is 23.4 Å². The Labute approximate surface area is 348 Å². The number of phosphoric ester groups is 1. The number of aldehydes is 1. The summed E-state index contributed by atoms with van der Waals surface area (Å²) in [5.41, 5.74) is 0. The molecule has 0 aliphatic carbocycles. The van der Waals surface area contributed by atoms with Crippen molar-refractivity contribution >= 4 is 32.0 Å². The second-order valence-electron chi connectivity index (χ2n) is 15.8. The fraction of sp³-hybridized carbons (Fsp3) is 0.911. The molecule has 0 saturated carbocycles. The maximum Gasteiger partial charge on any atom is 0.472 e. The summed E-state index contributed by atoms with van der Waals surface area (Å²) < 4.78 is 33.4. The molecule has 2 atom stereocenters. The van der Waals surface area contributed by atoms with Crippen molar-refractivity contribution in [2.45, 2.75) is 238 Å². The van der Waals surface area contributed by atoms with Crippen LogP contribution in [-0.2, 0) is 42.3 Å². The van der Waals surface area contributed by atoms with E-state index >= 15 is 0 Å². The SMILES string of the molecule is CCCCCCCCCCCCCCCCCC(=O)OCC(COP(=O)(O)OCCNC(=O)CCC=O)OC(=O)CCCCCCCCCCCCCCCCC. The number of hydrogen-bond acceptors (Lipinski definition) is 9. The lowest BCUT2D eigenvalue weighted by atomic mass is 10.0. The molecule has 0 aliphatic heterocycles. The van der Waals surface area contributed by atoms with Gasteiger partial charge in [0.25, 0.3) is 0 Å². The van der Waals surface area contributed by atoms with Crippen molar-refractivity contribution in [3.63, 3.8) is 0 Å². The van der Waals surface area contributed by atoms with Crippen LogP contribution < -0.4 is 5.32 Å². The Hall–Kier alpha value is -1.81. The van der Waals surface area contributed by atoms with E-state index in [0.717, 1.165) is 38.5 Å². The number of unbranched alkanes of at least 4 members (excludes halogenated alkanes) is 28. The van der Waals surface area contributed by atoms with E-state index in [-0.39, 0.29) is 51.3 Å². The molecule has 2 unspecified atom stereocenters. The van der Waals surface area contributed by atoms with Crippen LogP contribution in [0.3, 0.4) is 0 Å². The molecule has 0 heterocycles. The molecule has 336 valence electrons. The summed E-state index contributed by atoms with van der Waals surface area (Å²) in [5, 5.41) is 2.48. The van der Waals surface area contributed by atoms with Gasteiger partial charge in [0, 0.05) is 32.2 Å². The van der Waals surface area contributed by atoms with Crippen molar-refractivity contribution in [3.05, 3.63) is 0 Å². The van der Waals surface area contributed by atoms with Gasteiger partial charge < -0.3 is 24.5 Å². The Morgan fingerprint density at radius 1 is 0.544 bits per heavy atom. The van der Waals surface area contributed by atoms with Crippen LogP contribution in [0.2, 0.25) is 0 Å². The van der Waals surface area contributed by atoms with Gasteiger partial charge in [0.1, 0.15) is 12.9 Å². The van der Waals surface area contributed by atoms with Gasteiger partial charge in [-0.05, 0) is 12.8 Å². The van der Waals surface area contributed by atoms with Crippen LogP contribution in [0.4, 0.5) is 0 Å². The van der Waals surface area contributed by atoms with Gasteiger partial charge in [-0.2, -0.15) is 0 Å². The highest BCUT2D eigenvalue weighted by atomic mass is 31.2. The molecule has 1 amide bonds. The molecular weight excluding hydrogens is 745 g/mol. The number of phosphoric acid groups is 1. The maximum atomic E-state index is 12.7. The van der Waals surface area contributed by atoms with Crippen molar-refractivity contribution in [1.82, 2.24) is 5.32 Å². The highest BCUT2D eigenvalue weighted by molar-refractivity contribution is 7.47. The predicted octanol–water partition coefficient (Wildman–Crippen LogP) is 12.2. The van der Waals surface area contributed by atoms with Crippen molar-refractivity contribution in [1.29, 1.82) is 0 Å². The van der Waals surface area contributed by atoms with E-state index in [0.29, 0.717) is 19.1 Å². The summed E-state index contributed by atoms with van der Waals surface area (Å²) in [4.78, 5) is 57.4. The lowest BCUT2D eigenvalue weighted by molar-refractivity contribution is -0.161. The Morgan fingerprint density at radius 3 is 1.33 bits per heavy atom. The third kappa shape index (κ3) is 42.1. The Balaban J connectivity index is 4.40. The number of esters is 2. The monoisotopic (exact) mass is 832 g/mol. The summed E-state index contributed by atoms with van der Waals surface area (Å²) in [7, 11) is -4.56. The highest BCUT2D eigenvalue weighted by Crippen LogP contribution is 2.43. The van der Waals surface area contributed by atoms with Gasteiger partial charge in [0.2, 0.25) is 5.91 Å². The summed E-state index contributed by atoms with van der Waals surface area (Å²) in [6.45, 7) is 3.34. The Bertz CT molecular complexity index is 997. The van der Waals surface area contributed by atoms with E-state index in [2.05, 4.69) is 19.2 Å². The van der Waals surface area contributed by atoms with Crippen molar-refractivity contribution in [2.75, 3.05) is 26.4 Å². The molecule has 12 heteroatoms. The first-order valence-corrected chi connectivity index (χ1v) is 24.9. The second-order valence-corrected chi connectivity index (χ2v) is 17.3. The van der Waals surface area contributed by atoms with Gasteiger partial charge in [-0.1, -0.05) is 194 Å². The topological polar surface area (TPSA) is 155 Å². The van der Waals surface area contributed by atoms with Crippen LogP contribution in [0.5, 0.6) is 0 Å². The standard InChI is InChI=1S/C45H86NO10P/c1-3-5-7-9-11-13-15-17-19-21-23-25-27-29-31-35-44(49)53-40-42(41-55-57(51,52)54-39-37-46-43(48)34-33-38-47)56-45(50)36-32-30-28-26-24-22-20-18-16-14-12-10-8-6-4-2/h38,42H,3-37,39-41H2,1-2H3,(H,46,48)(H,51,52). The van der Waals surface area contributed by atoms with Crippen LogP contribution in [0.15, 0.2) is 0 Å². The van der Waals surface area contributed by atoms with Gasteiger partial charge in [0.05, 0.1) is 13.2 Å². The number of carbonyl (C=O) groups is 4. The average molecular weight is 832 g/mol. The lowest BCUT2D eigenvalue weighted by Gasteiger charge is -2.20. The summed E-state index contributed by atoms with van der Waals surface area (Å²) in [6.07, 6.45) is 36.9. The van der Waals surface area contributed by atoms with E-state index in [1.165, 1.54) is 141 Å². The maximum absolute atomic E-state index is 12.7. The molecule has 0 aromatic heterocycles. The molecule has 0 aliphatic rings. The predicted molar refractivity (Wildman–Crippen MR) is 230 cm³/mol. The number of ether oxygens (including phenoxy) is 2. The first-order chi connectivity index (χ1) is 27.7. The summed E-state index contributed by atoms with van der Waals surface area (Å²) in [5.74, 6) is -1.28. The molecule has 0 bridgehead atoms. The van der Waals surface area contributed by atoms with Crippen LogP contribution in [0.25, 0.3) is 0 Å². The number of hydrogen-bond donors (Lipinski definition) is 2. The van der Waals surface area contributed by atoms with Crippen LogP contribution in [0, 0.1) is 0 Å². The largest absolute Gasteiger partial charge is 0.472 e. The lowest BCUT2D eigenvalue weighted by Crippen LogP contribution is -2.30. The average Bonchev–Trinajstić information content (AvgIpc) is 3.19. The molecule has 2 N–H and O–H groups in total. The number of nitrogens with one attached hydrogen (secondary N) is 1. The minimum atomic E-state index is -4.56. The molecule has 57 heavy (non-hydrogen) atoms. The van der Waals surface area contributed by atoms with Gasteiger partial charge in [-0.25, -0.2) is 4.57 Å². The zero-order chi connectivity index (χ0) is 41.9. The quantitative estimate of drug-likeness (QED) is 0.0262. The fourth-order valence-electron chi connectivity index (χ4n) is 6.74. The van der Waals surface area contributed by atoms with Crippen molar-refractivity contribution in [3.8, 4) is 0 Å².